The van der Waals surface area contributed by atoms with E-state index < -0.39 is 30.7 Å². The maximum atomic E-state index is 11.5. The van der Waals surface area contributed by atoms with Gasteiger partial charge in [-0.1, -0.05) is 5.16 Å². The number of aliphatic carboxylic acids is 1. The molecule has 1 aromatic heterocycles. The van der Waals surface area contributed by atoms with Crippen LogP contribution < -0.4 is 27.8 Å². The largest absolute Gasteiger partial charge is 0.480 e. The lowest BCUT2D eigenvalue weighted by Crippen LogP contribution is -2.47. The smallest absolute Gasteiger partial charge is 0.328 e. The van der Waals surface area contributed by atoms with Crippen LogP contribution >= 0.6 is 0 Å². The number of hydrogen-bond acceptors (Lipinski definition) is 8. The third-order valence-electron chi connectivity index (χ3n) is 2.97. The molecule has 2 amide bonds. The van der Waals surface area contributed by atoms with Crippen molar-refractivity contribution in [3.05, 3.63) is 11.7 Å². The highest BCUT2D eigenvalue weighted by atomic mass is 16.5. The number of amides is 2. The van der Waals surface area contributed by atoms with E-state index in [-0.39, 0.29) is 24.2 Å². The second kappa shape index (κ2) is 10.0. The molecule has 140 valence electrons. The zero-order chi connectivity index (χ0) is 18.8. The highest BCUT2D eigenvalue weighted by molar-refractivity contribution is 5.82. The Morgan fingerprint density at radius 2 is 2.08 bits per heavy atom. The van der Waals surface area contributed by atoms with Gasteiger partial charge in [0.15, 0.2) is 17.8 Å². The van der Waals surface area contributed by atoms with Gasteiger partial charge in [0.05, 0.1) is 19.2 Å². The summed E-state index contributed by atoms with van der Waals surface area (Å²) in [5, 5.41) is 25.6. The van der Waals surface area contributed by atoms with Gasteiger partial charge in [-0.25, -0.2) is 9.59 Å². The van der Waals surface area contributed by atoms with Crippen LogP contribution in [0.4, 0.5) is 4.79 Å². The van der Waals surface area contributed by atoms with E-state index in [1.807, 2.05) is 0 Å². The van der Waals surface area contributed by atoms with Gasteiger partial charge in [-0.05, 0) is 12.8 Å². The minimum Gasteiger partial charge on any atom is -0.480 e. The summed E-state index contributed by atoms with van der Waals surface area (Å²) in [5.41, 5.74) is 16.3. The molecule has 0 aliphatic carbocycles. The van der Waals surface area contributed by atoms with Crippen molar-refractivity contribution < 1.29 is 24.3 Å². The number of aliphatic hydroxyl groups excluding tert-OH is 1. The topological polar surface area (TPSA) is 228 Å². The Kier molecular flexibility index (Phi) is 8.08. The van der Waals surface area contributed by atoms with E-state index in [0.29, 0.717) is 19.4 Å². The summed E-state index contributed by atoms with van der Waals surface area (Å²) in [6.45, 7) is -0.433. The lowest BCUT2D eigenvalue weighted by atomic mass is 10.1. The summed E-state index contributed by atoms with van der Waals surface area (Å²) in [4.78, 5) is 30.1. The Morgan fingerprint density at radius 3 is 2.68 bits per heavy atom. The van der Waals surface area contributed by atoms with Crippen molar-refractivity contribution in [1.29, 1.82) is 0 Å². The Bertz CT molecular complexity index is 600. The molecule has 1 heterocycles. The van der Waals surface area contributed by atoms with Crippen molar-refractivity contribution >= 4 is 18.0 Å². The number of nitrogens with two attached hydrogens (primary N) is 3. The fourth-order valence-electron chi connectivity index (χ4n) is 1.69. The predicted molar refractivity (Wildman–Crippen MR) is 85.0 cm³/mol. The number of aliphatic hydroxyl groups is 1. The highest BCUT2D eigenvalue weighted by Crippen LogP contribution is 2.12. The first kappa shape index (κ1) is 20.1. The number of rotatable bonds is 10. The maximum Gasteiger partial charge on any atom is 0.328 e. The predicted octanol–water partition coefficient (Wildman–Crippen LogP) is -2.63. The summed E-state index contributed by atoms with van der Waals surface area (Å²) in [7, 11) is 0. The molecule has 13 nitrogen and oxygen atoms in total. The normalized spacial score (nSPS) is 12.9. The Morgan fingerprint density at radius 1 is 1.36 bits per heavy atom. The minimum atomic E-state index is -1.41. The molecule has 25 heavy (non-hydrogen) atoms. The third kappa shape index (κ3) is 7.45. The van der Waals surface area contributed by atoms with Crippen LogP contribution in [0, 0.1) is 0 Å². The van der Waals surface area contributed by atoms with Crippen LogP contribution in [0.1, 0.15) is 30.6 Å². The van der Waals surface area contributed by atoms with Crippen LogP contribution in [0.2, 0.25) is 0 Å². The summed E-state index contributed by atoms with van der Waals surface area (Å²) in [6.07, 6.45) is 1.15. The van der Waals surface area contributed by atoms with Crippen LogP contribution in [-0.2, 0) is 11.3 Å². The number of nitrogens with one attached hydrogen (secondary N) is 2. The zero-order valence-electron chi connectivity index (χ0n) is 13.4. The first-order valence-electron chi connectivity index (χ1n) is 7.35. The average Bonchev–Trinajstić information content (AvgIpc) is 3.03. The maximum absolute atomic E-state index is 11.5. The van der Waals surface area contributed by atoms with Crippen molar-refractivity contribution in [3.8, 4) is 0 Å². The number of carboxylic acids is 1. The molecule has 0 aromatic carbocycles. The zero-order valence-corrected chi connectivity index (χ0v) is 13.4. The summed E-state index contributed by atoms with van der Waals surface area (Å²) >= 11 is 0. The van der Waals surface area contributed by atoms with Crippen molar-refractivity contribution in [1.82, 2.24) is 20.8 Å². The van der Waals surface area contributed by atoms with E-state index in [4.69, 9.17) is 31.9 Å². The molecular formula is C12H22N8O5. The van der Waals surface area contributed by atoms with Crippen molar-refractivity contribution in [2.45, 2.75) is 31.5 Å². The number of hydrogen-bond donors (Lipinski definition) is 7. The van der Waals surface area contributed by atoms with Crippen LogP contribution in [0.3, 0.4) is 0 Å². The lowest BCUT2D eigenvalue weighted by Gasteiger charge is -2.11. The Hall–Kier alpha value is -2.93. The first-order chi connectivity index (χ1) is 11.8. The van der Waals surface area contributed by atoms with E-state index in [1.165, 1.54) is 0 Å². The minimum absolute atomic E-state index is 0.00565. The summed E-state index contributed by atoms with van der Waals surface area (Å²) in [5.74, 6) is -0.989. The SMILES string of the molecule is NC(N)=NCCCC(N)c1noc(CNC(=O)NC(CO)C(=O)O)n1. The lowest BCUT2D eigenvalue weighted by molar-refractivity contribution is -0.140. The third-order valence-corrected chi connectivity index (χ3v) is 2.97. The van der Waals surface area contributed by atoms with Crippen molar-refractivity contribution in [2.24, 2.45) is 22.2 Å². The van der Waals surface area contributed by atoms with Gasteiger partial charge < -0.3 is 42.6 Å². The van der Waals surface area contributed by atoms with Gasteiger partial charge in [-0.2, -0.15) is 4.98 Å². The molecule has 2 unspecified atom stereocenters. The van der Waals surface area contributed by atoms with Crippen LogP contribution in [-0.4, -0.2) is 57.5 Å². The molecule has 0 spiro atoms. The molecule has 0 aliphatic heterocycles. The van der Waals surface area contributed by atoms with Crippen LogP contribution in [0.5, 0.6) is 0 Å². The molecule has 1 rings (SSSR count). The first-order valence-corrected chi connectivity index (χ1v) is 7.35. The Balaban J connectivity index is 2.40. The van der Waals surface area contributed by atoms with Crippen molar-refractivity contribution in [2.75, 3.05) is 13.2 Å². The fourth-order valence-corrected chi connectivity index (χ4v) is 1.69. The fraction of sp³-hybridized carbons (Fsp3) is 0.583. The number of nitrogens with zero attached hydrogens (tertiary/aromatic N) is 3. The van der Waals surface area contributed by atoms with Gasteiger partial charge in [0.25, 0.3) is 0 Å². The standard InChI is InChI=1S/C12H22N8O5/c13-6(2-1-3-16-11(14)15)9-19-8(25-20-9)4-17-12(24)18-7(5-21)10(22)23/h6-7,21H,1-5,13H2,(H,22,23)(H4,14,15,16)(H2,17,18,24). The van der Waals surface area contributed by atoms with E-state index >= 15 is 0 Å². The molecule has 2 atom stereocenters. The monoisotopic (exact) mass is 358 g/mol. The number of urea groups is 1. The molecule has 10 N–H and O–H groups in total. The molecule has 1 aromatic rings. The van der Waals surface area contributed by atoms with E-state index in [9.17, 15) is 9.59 Å². The molecule has 0 saturated carbocycles. The van der Waals surface area contributed by atoms with E-state index in [1.54, 1.807) is 0 Å². The summed E-state index contributed by atoms with van der Waals surface area (Å²) < 4.78 is 4.94. The molecule has 0 aliphatic rings. The molecule has 13 heteroatoms. The van der Waals surface area contributed by atoms with Crippen LogP contribution in [0.25, 0.3) is 0 Å². The molecule has 0 radical (unpaired) electrons. The molecule has 0 bridgehead atoms. The number of carbonyl (C=O) groups excluding carboxylic acids is 1. The summed E-state index contributed by atoms with van der Waals surface area (Å²) in [6, 6.07) is -2.69. The second-order valence-electron chi connectivity index (χ2n) is 5.00. The van der Waals surface area contributed by atoms with Gasteiger partial charge >= 0.3 is 12.0 Å². The molecular weight excluding hydrogens is 336 g/mol. The molecule has 0 fully saturated rings. The average molecular weight is 358 g/mol. The van der Waals surface area contributed by atoms with E-state index in [0.717, 1.165) is 0 Å². The van der Waals surface area contributed by atoms with Gasteiger partial charge in [0.1, 0.15) is 0 Å². The van der Waals surface area contributed by atoms with Gasteiger partial charge in [-0.15, -0.1) is 0 Å². The van der Waals surface area contributed by atoms with E-state index in [2.05, 4.69) is 25.8 Å². The molecule has 0 saturated heterocycles. The van der Waals surface area contributed by atoms with Gasteiger partial charge in [0, 0.05) is 6.54 Å². The van der Waals surface area contributed by atoms with Crippen LogP contribution in [0.15, 0.2) is 9.52 Å². The number of carbonyl (C=O) groups is 2. The number of aliphatic imine (C=N–C) groups is 1. The Labute approximate surface area is 142 Å². The highest BCUT2D eigenvalue weighted by Gasteiger charge is 2.19. The number of guanidine groups is 1. The number of carboxylic acid groups (broad SMARTS) is 1. The second-order valence-corrected chi connectivity index (χ2v) is 5.00. The van der Waals surface area contributed by atoms with Crippen molar-refractivity contribution in [3.63, 3.8) is 0 Å². The number of aromatic nitrogens is 2. The van der Waals surface area contributed by atoms with Gasteiger partial charge in [0.2, 0.25) is 5.89 Å². The van der Waals surface area contributed by atoms with Gasteiger partial charge in [-0.3, -0.25) is 4.99 Å². The quantitative estimate of drug-likeness (QED) is 0.131.